The minimum absolute atomic E-state index is 0.183. The van der Waals surface area contributed by atoms with Gasteiger partial charge in [0, 0.05) is 44.8 Å². The highest BCUT2D eigenvalue weighted by molar-refractivity contribution is 7.58. The monoisotopic (exact) mass is 461 g/mol. The summed E-state index contributed by atoms with van der Waals surface area (Å²) in [6.45, 7) is 7.13. The van der Waals surface area contributed by atoms with E-state index in [-0.39, 0.29) is 25.1 Å². The van der Waals surface area contributed by atoms with E-state index in [4.69, 9.17) is 23.6 Å². The second-order valence-corrected chi connectivity index (χ2v) is 11.6. The summed E-state index contributed by atoms with van der Waals surface area (Å²) < 4.78 is 36.7. The van der Waals surface area contributed by atoms with Crippen molar-refractivity contribution in [3.05, 3.63) is 32.6 Å². The highest BCUT2D eigenvalue weighted by Crippen LogP contribution is 2.48. The predicted octanol–water partition coefficient (Wildman–Crippen LogP) is 2.58. The molecule has 10 nitrogen and oxygen atoms in total. The fraction of sp³-hybridized carbons (Fsp3) is 0.722. The lowest BCUT2D eigenvalue weighted by Gasteiger charge is -2.28. The Morgan fingerprint density at radius 3 is 2.83 bits per heavy atom. The molecule has 3 unspecified atom stereocenters. The maximum atomic E-state index is 12.5. The highest BCUT2D eigenvalue weighted by atomic mass is 31.2. The zero-order chi connectivity index (χ0) is 22.5. The standard InChI is InChI=1S/C18H29N3O7P2/c1-12-10-21(18(23)20-17(12)22)15-9-14(28-29(4)26-8-6-7-19)16(27-15)13(2)11-30(5,24)25-3/h10,13-16H,6,8-9,11H2,1-5H3,(H,20,22,23)/t13-,14?,15+,16+,29?,30?/m0/s1. The summed E-state index contributed by atoms with van der Waals surface area (Å²) in [7, 11) is -2.66. The van der Waals surface area contributed by atoms with Gasteiger partial charge in [-0.2, -0.15) is 5.26 Å². The van der Waals surface area contributed by atoms with Crippen molar-refractivity contribution < 1.29 is 22.9 Å². The van der Waals surface area contributed by atoms with Crippen molar-refractivity contribution >= 4 is 15.7 Å². The molecule has 1 N–H and O–H groups in total. The summed E-state index contributed by atoms with van der Waals surface area (Å²) >= 11 is 0. The Hall–Kier alpha value is -1.33. The molecule has 30 heavy (non-hydrogen) atoms. The van der Waals surface area contributed by atoms with Crippen molar-refractivity contribution in [1.82, 2.24) is 9.55 Å². The van der Waals surface area contributed by atoms with Gasteiger partial charge in [-0.3, -0.25) is 18.9 Å². The second kappa shape index (κ2) is 10.8. The fourth-order valence-electron chi connectivity index (χ4n) is 3.38. The van der Waals surface area contributed by atoms with Crippen LogP contribution in [-0.2, 0) is 22.9 Å². The first-order valence-electron chi connectivity index (χ1n) is 9.58. The van der Waals surface area contributed by atoms with E-state index in [0.717, 1.165) is 0 Å². The summed E-state index contributed by atoms with van der Waals surface area (Å²) in [4.78, 5) is 26.3. The van der Waals surface area contributed by atoms with Crippen molar-refractivity contribution in [2.45, 2.75) is 45.1 Å². The molecule has 0 bridgehead atoms. The van der Waals surface area contributed by atoms with Gasteiger partial charge in [-0.05, 0) is 12.8 Å². The topological polar surface area (TPSA) is 133 Å². The van der Waals surface area contributed by atoms with Crippen molar-refractivity contribution in [3.8, 4) is 6.07 Å². The second-order valence-electron chi connectivity index (χ2n) is 7.45. The van der Waals surface area contributed by atoms with Crippen molar-refractivity contribution in [2.24, 2.45) is 5.92 Å². The number of aromatic nitrogens is 2. The van der Waals surface area contributed by atoms with E-state index in [1.165, 1.54) is 17.9 Å². The molecular weight excluding hydrogens is 432 g/mol. The first-order valence-corrected chi connectivity index (χ1v) is 13.5. The number of H-pyrrole nitrogens is 1. The summed E-state index contributed by atoms with van der Waals surface area (Å²) in [5, 5.41) is 8.66. The number of nitrogens with one attached hydrogen (secondary N) is 1. The van der Waals surface area contributed by atoms with E-state index in [0.29, 0.717) is 12.0 Å². The third-order valence-corrected chi connectivity index (χ3v) is 8.03. The van der Waals surface area contributed by atoms with Gasteiger partial charge in [0.15, 0.2) is 15.7 Å². The van der Waals surface area contributed by atoms with E-state index in [9.17, 15) is 14.2 Å². The zero-order valence-corrected chi connectivity index (χ0v) is 19.7. The molecule has 0 aromatic carbocycles. The van der Waals surface area contributed by atoms with E-state index in [2.05, 4.69) is 4.98 Å². The van der Waals surface area contributed by atoms with Crippen LogP contribution in [0.25, 0.3) is 0 Å². The molecule has 1 aromatic rings. The molecule has 2 heterocycles. The molecule has 1 saturated heterocycles. The minimum Gasteiger partial charge on any atom is -0.352 e. The van der Waals surface area contributed by atoms with Gasteiger partial charge in [-0.25, -0.2) is 4.79 Å². The summed E-state index contributed by atoms with van der Waals surface area (Å²) in [6.07, 6.45) is 0.854. The molecule has 0 saturated carbocycles. The van der Waals surface area contributed by atoms with Gasteiger partial charge in [0.2, 0.25) is 0 Å². The van der Waals surface area contributed by atoms with Crippen molar-refractivity contribution in [1.29, 1.82) is 5.26 Å². The van der Waals surface area contributed by atoms with Crippen LogP contribution in [0, 0.1) is 24.2 Å². The average Bonchev–Trinajstić information content (AvgIpc) is 3.08. The summed E-state index contributed by atoms with van der Waals surface area (Å²) in [5.41, 5.74) is -0.617. The summed E-state index contributed by atoms with van der Waals surface area (Å²) in [5.74, 6) is -0.183. The number of ether oxygens (including phenoxy) is 1. The quantitative estimate of drug-likeness (QED) is 0.415. The third-order valence-electron chi connectivity index (χ3n) is 4.91. The van der Waals surface area contributed by atoms with Crippen LogP contribution in [0.4, 0.5) is 0 Å². The maximum absolute atomic E-state index is 12.5. The lowest BCUT2D eigenvalue weighted by atomic mass is 10.0. The van der Waals surface area contributed by atoms with Crippen molar-refractivity contribution in [3.63, 3.8) is 0 Å². The number of aryl methyl sites for hydroxylation is 1. The molecule has 1 aliphatic rings. The molecule has 0 radical (unpaired) electrons. The minimum atomic E-state index is -2.79. The highest BCUT2D eigenvalue weighted by Gasteiger charge is 2.43. The molecule has 168 valence electrons. The van der Waals surface area contributed by atoms with Gasteiger partial charge in [-0.1, -0.05) is 6.92 Å². The van der Waals surface area contributed by atoms with Gasteiger partial charge >= 0.3 is 5.69 Å². The maximum Gasteiger partial charge on any atom is 0.330 e. The molecule has 6 atom stereocenters. The van der Waals surface area contributed by atoms with E-state index in [1.807, 2.05) is 13.0 Å². The summed E-state index contributed by atoms with van der Waals surface area (Å²) in [6, 6.07) is 2.01. The van der Waals surface area contributed by atoms with Crippen LogP contribution in [0.1, 0.15) is 31.6 Å². The third kappa shape index (κ3) is 6.58. The lowest BCUT2D eigenvalue weighted by Crippen LogP contribution is -2.34. The molecule has 12 heteroatoms. The molecule has 0 aliphatic carbocycles. The molecule has 0 amide bonds. The predicted molar refractivity (Wildman–Crippen MR) is 113 cm³/mol. The normalized spacial score (nSPS) is 25.4. The Bertz CT molecular complexity index is 926. The van der Waals surface area contributed by atoms with Gasteiger partial charge in [0.25, 0.3) is 5.56 Å². The van der Waals surface area contributed by atoms with Gasteiger partial charge in [0.05, 0.1) is 31.3 Å². The van der Waals surface area contributed by atoms with Gasteiger partial charge in [0.1, 0.15) is 6.23 Å². The molecule has 1 aliphatic heterocycles. The van der Waals surface area contributed by atoms with Crippen LogP contribution >= 0.6 is 15.7 Å². The number of nitriles is 1. The first kappa shape index (κ1) is 24.9. The lowest BCUT2D eigenvalue weighted by molar-refractivity contribution is -0.0390. The van der Waals surface area contributed by atoms with Gasteiger partial charge in [-0.15, -0.1) is 0 Å². The van der Waals surface area contributed by atoms with Gasteiger partial charge < -0.3 is 18.3 Å². The largest absolute Gasteiger partial charge is 0.352 e. The average molecular weight is 461 g/mol. The zero-order valence-electron chi connectivity index (χ0n) is 17.9. The number of hydrogen-bond acceptors (Lipinski definition) is 8. The van der Waals surface area contributed by atoms with Crippen LogP contribution in [0.3, 0.4) is 0 Å². The first-order chi connectivity index (χ1) is 14.1. The van der Waals surface area contributed by atoms with E-state index in [1.54, 1.807) is 20.3 Å². The Kier molecular flexibility index (Phi) is 8.98. The Morgan fingerprint density at radius 1 is 1.50 bits per heavy atom. The van der Waals surface area contributed by atoms with Crippen LogP contribution in [0.15, 0.2) is 15.8 Å². The number of aromatic amines is 1. The number of rotatable bonds is 10. The number of nitrogens with zero attached hydrogens (tertiary/aromatic N) is 2. The Morgan fingerprint density at radius 2 is 2.20 bits per heavy atom. The van der Waals surface area contributed by atoms with Crippen LogP contribution < -0.4 is 11.2 Å². The van der Waals surface area contributed by atoms with Crippen molar-refractivity contribution in [2.75, 3.05) is 33.2 Å². The molecular formula is C18H29N3O7P2. The molecule has 1 fully saturated rings. The smallest absolute Gasteiger partial charge is 0.330 e. The molecule has 2 rings (SSSR count). The number of hydrogen-bond donors (Lipinski definition) is 1. The Labute approximate surface area is 176 Å². The molecule has 0 spiro atoms. The van der Waals surface area contributed by atoms with Crippen LogP contribution in [-0.4, -0.2) is 55.0 Å². The van der Waals surface area contributed by atoms with E-state index >= 15 is 0 Å². The SMILES string of the molecule is COP(C)(=O)C[C@H](C)[C@H]1O[C@@H](n2cc(C)c(=O)[nH]c2=O)CC1OP(C)OCCC#N. The van der Waals surface area contributed by atoms with Crippen LogP contribution in [0.5, 0.6) is 0 Å². The Balaban J connectivity index is 2.23. The van der Waals surface area contributed by atoms with Crippen LogP contribution in [0.2, 0.25) is 0 Å². The fourth-order valence-corrected chi connectivity index (χ4v) is 5.78. The van der Waals surface area contributed by atoms with E-state index < -0.39 is 45.4 Å². The molecule has 1 aromatic heterocycles.